The van der Waals surface area contributed by atoms with Crippen molar-refractivity contribution in [2.75, 3.05) is 18.6 Å². The first-order chi connectivity index (χ1) is 14.3. The molecule has 7 heteroatoms. The maximum atomic E-state index is 13.3. The summed E-state index contributed by atoms with van der Waals surface area (Å²) < 4.78 is 17.3. The van der Waals surface area contributed by atoms with Crippen LogP contribution in [0, 0.1) is 19.8 Å². The smallest absolute Gasteiger partial charge is 0.325 e. The summed E-state index contributed by atoms with van der Waals surface area (Å²) in [6, 6.07) is 10.4. The molecule has 0 saturated carbocycles. The summed E-state index contributed by atoms with van der Waals surface area (Å²) in [6.07, 6.45) is 0. The van der Waals surface area contributed by atoms with Crippen molar-refractivity contribution in [1.29, 1.82) is 0 Å². The second-order valence-electron chi connectivity index (χ2n) is 7.87. The van der Waals surface area contributed by atoms with E-state index in [1.165, 1.54) is 4.90 Å². The molecule has 2 aromatic carbocycles. The van der Waals surface area contributed by atoms with Gasteiger partial charge in [-0.05, 0) is 57.0 Å². The van der Waals surface area contributed by atoms with E-state index in [4.69, 9.17) is 14.2 Å². The molecular weight excluding hydrogens is 384 g/mol. The van der Waals surface area contributed by atoms with Crippen LogP contribution in [-0.2, 0) is 9.53 Å². The second kappa shape index (κ2) is 7.23. The Morgan fingerprint density at radius 2 is 1.93 bits per heavy atom. The van der Waals surface area contributed by atoms with Gasteiger partial charge in [-0.15, -0.1) is 0 Å². The fourth-order valence-corrected chi connectivity index (χ4v) is 4.59. The zero-order chi connectivity index (χ0) is 21.6. The number of benzene rings is 2. The summed E-state index contributed by atoms with van der Waals surface area (Å²) in [5.41, 5.74) is 2.05. The van der Waals surface area contributed by atoms with Gasteiger partial charge in [0.05, 0.1) is 19.8 Å². The zero-order valence-electron chi connectivity index (χ0n) is 17.8. The number of carbonyl (C=O) groups is 2. The minimum Gasteiger partial charge on any atom is -0.493 e. The Morgan fingerprint density at radius 1 is 1.23 bits per heavy atom. The summed E-state index contributed by atoms with van der Waals surface area (Å²) in [5, 5.41) is 3.01. The van der Waals surface area contributed by atoms with E-state index < -0.39 is 23.7 Å². The molecule has 158 valence electrons. The van der Waals surface area contributed by atoms with Crippen LogP contribution in [0.15, 0.2) is 36.4 Å². The van der Waals surface area contributed by atoms with Crippen LogP contribution < -0.4 is 19.7 Å². The average molecular weight is 410 g/mol. The van der Waals surface area contributed by atoms with Crippen LogP contribution in [0.4, 0.5) is 10.5 Å². The van der Waals surface area contributed by atoms with E-state index in [9.17, 15) is 9.59 Å². The predicted octanol–water partition coefficient (Wildman–Crippen LogP) is 3.87. The minimum absolute atomic E-state index is 0.237. The minimum atomic E-state index is -1.30. The molecule has 2 aliphatic rings. The largest absolute Gasteiger partial charge is 0.493 e. The third kappa shape index (κ3) is 2.96. The maximum Gasteiger partial charge on any atom is 0.325 e. The van der Waals surface area contributed by atoms with Crippen molar-refractivity contribution >= 4 is 17.7 Å². The molecule has 0 unspecified atom stereocenters. The molecule has 1 saturated heterocycles. The number of rotatable bonds is 4. The van der Waals surface area contributed by atoms with Gasteiger partial charge in [0, 0.05) is 11.3 Å². The number of nitrogens with one attached hydrogen (secondary N) is 1. The lowest BCUT2D eigenvalue weighted by Gasteiger charge is -2.54. The van der Waals surface area contributed by atoms with Crippen molar-refractivity contribution in [3.05, 3.63) is 53.1 Å². The number of esters is 1. The van der Waals surface area contributed by atoms with Gasteiger partial charge in [-0.25, -0.2) is 4.79 Å². The van der Waals surface area contributed by atoms with Crippen LogP contribution in [0.2, 0.25) is 0 Å². The van der Waals surface area contributed by atoms with Crippen LogP contribution in [0.3, 0.4) is 0 Å². The number of nitrogens with zero attached hydrogens (tertiary/aromatic N) is 1. The van der Waals surface area contributed by atoms with Gasteiger partial charge in [0.2, 0.25) is 5.72 Å². The quantitative estimate of drug-likeness (QED) is 0.775. The lowest BCUT2D eigenvalue weighted by Crippen LogP contribution is -2.72. The van der Waals surface area contributed by atoms with Crippen molar-refractivity contribution < 1.29 is 23.8 Å². The SMILES string of the molecule is CCOC(=O)[C@@H]1[C@H]2NC(=O)N(c3cc(C)cc(C)c3)[C@@]1(C)Oc1c(OC)cccc12. The van der Waals surface area contributed by atoms with Crippen molar-refractivity contribution in [2.45, 2.75) is 39.5 Å². The average Bonchev–Trinajstić information content (AvgIpc) is 2.66. The standard InChI is InChI=1S/C23H26N2O5/c1-6-29-21(26)18-19-16-8-7-9-17(28-5)20(16)30-23(18,4)25(22(27)24-19)15-11-13(2)10-14(3)12-15/h7-12,18-19H,6H2,1-5H3,(H,24,27)/t18-,19-,23-/m0/s1. The van der Waals surface area contributed by atoms with E-state index in [-0.39, 0.29) is 12.6 Å². The molecule has 0 aromatic heterocycles. The lowest BCUT2D eigenvalue weighted by atomic mass is 9.79. The molecule has 3 atom stereocenters. The molecule has 2 aliphatic heterocycles. The first-order valence-corrected chi connectivity index (χ1v) is 10.0. The molecule has 2 aromatic rings. The Kier molecular flexibility index (Phi) is 4.84. The number of aryl methyl sites for hydroxylation is 2. The van der Waals surface area contributed by atoms with Gasteiger partial charge in [0.1, 0.15) is 5.92 Å². The normalized spacial score (nSPS) is 24.4. The fourth-order valence-electron chi connectivity index (χ4n) is 4.59. The topological polar surface area (TPSA) is 77.1 Å². The second-order valence-corrected chi connectivity index (χ2v) is 7.87. The molecule has 7 nitrogen and oxygen atoms in total. The number of fused-ring (bicyclic) bond motifs is 4. The summed E-state index contributed by atoms with van der Waals surface area (Å²) >= 11 is 0. The highest BCUT2D eigenvalue weighted by atomic mass is 16.6. The summed E-state index contributed by atoms with van der Waals surface area (Å²) in [4.78, 5) is 27.9. The maximum absolute atomic E-state index is 13.3. The van der Waals surface area contributed by atoms with Gasteiger partial charge < -0.3 is 19.5 Å². The van der Waals surface area contributed by atoms with Crippen LogP contribution in [0.5, 0.6) is 11.5 Å². The first kappa shape index (κ1) is 20.1. The Morgan fingerprint density at radius 3 is 2.57 bits per heavy atom. The molecule has 2 bridgehead atoms. The number of anilines is 1. The Hall–Kier alpha value is -3.22. The van der Waals surface area contributed by atoms with E-state index in [0.717, 1.165) is 11.1 Å². The number of urea groups is 1. The fraction of sp³-hybridized carbons (Fsp3) is 0.391. The number of hydrogen-bond acceptors (Lipinski definition) is 5. The molecule has 2 amide bonds. The Labute approximate surface area is 175 Å². The Bertz CT molecular complexity index is 1000. The lowest BCUT2D eigenvalue weighted by molar-refractivity contribution is -0.160. The highest BCUT2D eigenvalue weighted by Crippen LogP contribution is 2.52. The van der Waals surface area contributed by atoms with E-state index in [2.05, 4.69) is 5.32 Å². The van der Waals surface area contributed by atoms with Crippen molar-refractivity contribution in [1.82, 2.24) is 5.32 Å². The monoisotopic (exact) mass is 410 g/mol. The molecule has 1 fully saturated rings. The number of amides is 2. The number of carbonyl (C=O) groups excluding carboxylic acids is 2. The summed E-state index contributed by atoms with van der Waals surface area (Å²) in [6.45, 7) is 7.68. The van der Waals surface area contributed by atoms with Gasteiger partial charge in [-0.1, -0.05) is 18.2 Å². The van der Waals surface area contributed by atoms with E-state index in [1.54, 1.807) is 27.0 Å². The van der Waals surface area contributed by atoms with Crippen LogP contribution in [0.1, 0.15) is 36.6 Å². The van der Waals surface area contributed by atoms with Gasteiger partial charge in [0.15, 0.2) is 11.5 Å². The molecule has 4 rings (SSSR count). The molecule has 2 heterocycles. The highest BCUT2D eigenvalue weighted by molar-refractivity contribution is 5.98. The third-order valence-electron chi connectivity index (χ3n) is 5.71. The van der Waals surface area contributed by atoms with E-state index in [1.807, 2.05) is 44.2 Å². The molecule has 0 radical (unpaired) electrons. The zero-order valence-corrected chi connectivity index (χ0v) is 17.8. The first-order valence-electron chi connectivity index (χ1n) is 10.0. The van der Waals surface area contributed by atoms with Crippen LogP contribution >= 0.6 is 0 Å². The van der Waals surface area contributed by atoms with Crippen LogP contribution in [-0.4, -0.2) is 31.4 Å². The molecular formula is C23H26N2O5. The van der Waals surface area contributed by atoms with Gasteiger partial charge >= 0.3 is 12.0 Å². The predicted molar refractivity (Wildman–Crippen MR) is 112 cm³/mol. The van der Waals surface area contributed by atoms with Crippen molar-refractivity contribution in [3.8, 4) is 11.5 Å². The number of methoxy groups -OCH3 is 1. The molecule has 0 aliphatic carbocycles. The highest BCUT2D eigenvalue weighted by Gasteiger charge is 2.61. The molecule has 0 spiro atoms. The van der Waals surface area contributed by atoms with Crippen molar-refractivity contribution in [3.63, 3.8) is 0 Å². The summed E-state index contributed by atoms with van der Waals surface area (Å²) in [5.74, 6) is -0.131. The van der Waals surface area contributed by atoms with Gasteiger partial charge in [-0.2, -0.15) is 0 Å². The van der Waals surface area contributed by atoms with E-state index in [0.29, 0.717) is 22.7 Å². The van der Waals surface area contributed by atoms with Gasteiger partial charge in [0.25, 0.3) is 0 Å². The molecule has 30 heavy (non-hydrogen) atoms. The van der Waals surface area contributed by atoms with Gasteiger partial charge in [-0.3, -0.25) is 9.69 Å². The van der Waals surface area contributed by atoms with Crippen molar-refractivity contribution in [2.24, 2.45) is 5.92 Å². The number of para-hydroxylation sites is 1. The number of hydrogen-bond donors (Lipinski definition) is 1. The van der Waals surface area contributed by atoms with E-state index >= 15 is 0 Å². The summed E-state index contributed by atoms with van der Waals surface area (Å²) in [7, 11) is 1.56. The number of ether oxygens (including phenoxy) is 3. The van der Waals surface area contributed by atoms with Crippen LogP contribution in [0.25, 0.3) is 0 Å². The Balaban J connectivity index is 1.94. The third-order valence-corrected chi connectivity index (χ3v) is 5.71. The molecule has 1 N–H and O–H groups in total.